The van der Waals surface area contributed by atoms with Crippen molar-refractivity contribution in [3.8, 4) is 0 Å². The molecule has 2 aromatic rings. The Morgan fingerprint density at radius 2 is 2.00 bits per heavy atom. The van der Waals surface area contributed by atoms with Gasteiger partial charge in [-0.25, -0.2) is 0 Å². The molecule has 0 saturated heterocycles. The molecule has 0 fully saturated rings. The van der Waals surface area contributed by atoms with Crippen molar-refractivity contribution in [2.24, 2.45) is 0 Å². The van der Waals surface area contributed by atoms with Crippen molar-refractivity contribution in [2.45, 2.75) is 19.9 Å². The number of benzene rings is 1. The highest BCUT2D eigenvalue weighted by atomic mass is 79.9. The molecular formula is C14H11Br2NO. The maximum atomic E-state index is 12.6. The molecule has 4 heteroatoms. The zero-order chi connectivity index (χ0) is 12.9. The van der Waals surface area contributed by atoms with Gasteiger partial charge in [-0.3, -0.25) is 4.79 Å². The van der Waals surface area contributed by atoms with E-state index < -0.39 is 0 Å². The number of hydrogen-bond acceptors (Lipinski definition) is 1. The Kier molecular flexibility index (Phi) is 2.94. The Labute approximate surface area is 122 Å². The number of aryl methyl sites for hydroxylation is 2. The van der Waals surface area contributed by atoms with Crippen LogP contribution in [0.2, 0.25) is 0 Å². The number of halogens is 2. The number of fused-ring (bicyclic) bond motifs is 2. The highest BCUT2D eigenvalue weighted by Crippen LogP contribution is 2.31. The smallest absolute Gasteiger partial charge is 0.209 e. The molecule has 0 atom stereocenters. The van der Waals surface area contributed by atoms with Crippen LogP contribution in [0, 0.1) is 6.92 Å². The molecule has 0 bridgehead atoms. The number of carbonyl (C=O) groups is 1. The third-order valence-electron chi connectivity index (χ3n) is 3.34. The van der Waals surface area contributed by atoms with Crippen molar-refractivity contribution >= 4 is 37.6 Å². The average Bonchev–Trinajstić information content (AvgIpc) is 2.56. The van der Waals surface area contributed by atoms with E-state index in [9.17, 15) is 4.79 Å². The first-order valence-corrected chi connectivity index (χ1v) is 7.35. The molecular weight excluding hydrogens is 358 g/mol. The molecule has 0 saturated carbocycles. The Hall–Kier alpha value is -0.870. The lowest BCUT2D eigenvalue weighted by atomic mass is 9.98. The van der Waals surface area contributed by atoms with Crippen LogP contribution in [-0.4, -0.2) is 10.4 Å². The molecule has 0 aliphatic carbocycles. The molecule has 0 spiro atoms. The van der Waals surface area contributed by atoms with Crippen LogP contribution in [0.3, 0.4) is 0 Å². The van der Waals surface area contributed by atoms with E-state index in [1.54, 1.807) is 0 Å². The minimum Gasteiger partial charge on any atom is -0.331 e. The largest absolute Gasteiger partial charge is 0.331 e. The third-order valence-corrected chi connectivity index (χ3v) is 5.33. The van der Waals surface area contributed by atoms with Gasteiger partial charge in [0.15, 0.2) is 0 Å². The van der Waals surface area contributed by atoms with Crippen molar-refractivity contribution < 1.29 is 4.79 Å². The molecule has 1 aromatic carbocycles. The molecule has 92 valence electrons. The van der Waals surface area contributed by atoms with Crippen molar-refractivity contribution in [3.63, 3.8) is 0 Å². The van der Waals surface area contributed by atoms with Crippen molar-refractivity contribution in [2.75, 3.05) is 0 Å². The monoisotopic (exact) mass is 367 g/mol. The molecule has 0 amide bonds. The molecule has 1 aliphatic rings. The van der Waals surface area contributed by atoms with Crippen LogP contribution in [0.25, 0.3) is 0 Å². The Balaban J connectivity index is 2.23. The van der Waals surface area contributed by atoms with E-state index in [2.05, 4.69) is 44.0 Å². The van der Waals surface area contributed by atoms with Gasteiger partial charge in [-0.1, -0.05) is 17.7 Å². The number of rotatable bonds is 0. The average molecular weight is 369 g/mol. The minimum absolute atomic E-state index is 0.109. The van der Waals surface area contributed by atoms with E-state index in [0.29, 0.717) is 0 Å². The predicted octanol–water partition coefficient (Wildman–Crippen LogP) is 4.11. The summed E-state index contributed by atoms with van der Waals surface area (Å²) in [5.41, 5.74) is 3.85. The molecule has 3 rings (SSSR count). The van der Waals surface area contributed by atoms with Gasteiger partial charge < -0.3 is 4.57 Å². The molecule has 18 heavy (non-hydrogen) atoms. The van der Waals surface area contributed by atoms with E-state index in [1.165, 1.54) is 0 Å². The van der Waals surface area contributed by atoms with Gasteiger partial charge in [0, 0.05) is 12.1 Å². The highest BCUT2D eigenvalue weighted by Gasteiger charge is 2.24. The molecule has 0 N–H and O–H groups in total. The summed E-state index contributed by atoms with van der Waals surface area (Å²) in [6.07, 6.45) is 0.883. The summed E-state index contributed by atoms with van der Waals surface area (Å²) in [6, 6.07) is 8.02. The maximum Gasteiger partial charge on any atom is 0.209 e. The fourth-order valence-electron chi connectivity index (χ4n) is 2.39. The number of ketones is 1. The lowest BCUT2D eigenvalue weighted by molar-refractivity contribution is 0.103. The van der Waals surface area contributed by atoms with Gasteiger partial charge >= 0.3 is 0 Å². The van der Waals surface area contributed by atoms with Gasteiger partial charge in [-0.15, -0.1) is 0 Å². The van der Waals surface area contributed by atoms with E-state index in [-0.39, 0.29) is 5.78 Å². The number of nitrogens with zero attached hydrogens (tertiary/aromatic N) is 1. The normalized spacial score (nSPS) is 14.1. The number of hydrogen-bond donors (Lipinski definition) is 0. The van der Waals surface area contributed by atoms with Gasteiger partial charge in [-0.05, 0) is 62.9 Å². The standard InChI is InChI=1S/C14H11Br2NO/c1-8-2-3-9-4-5-17-12(7-11(15)14(17)16)13(18)10(9)6-8/h2-3,6-7H,4-5H2,1H3. The lowest BCUT2D eigenvalue weighted by Crippen LogP contribution is -2.07. The van der Waals surface area contributed by atoms with Gasteiger partial charge in [0.1, 0.15) is 0 Å². The van der Waals surface area contributed by atoms with E-state index >= 15 is 0 Å². The van der Waals surface area contributed by atoms with Crippen LogP contribution in [0.1, 0.15) is 27.2 Å². The molecule has 0 radical (unpaired) electrons. The zero-order valence-electron chi connectivity index (χ0n) is 9.84. The molecule has 2 nitrogen and oxygen atoms in total. The lowest BCUT2D eigenvalue weighted by Gasteiger charge is -2.04. The second kappa shape index (κ2) is 4.35. The topological polar surface area (TPSA) is 22.0 Å². The van der Waals surface area contributed by atoms with Crippen molar-refractivity contribution in [1.29, 1.82) is 0 Å². The molecule has 2 heterocycles. The van der Waals surface area contributed by atoms with Crippen LogP contribution < -0.4 is 0 Å². The Bertz CT molecular complexity index is 658. The fourth-order valence-corrected chi connectivity index (χ4v) is 3.30. The van der Waals surface area contributed by atoms with Gasteiger partial charge in [0.25, 0.3) is 0 Å². The molecule has 1 aromatic heterocycles. The Morgan fingerprint density at radius 3 is 2.78 bits per heavy atom. The van der Waals surface area contributed by atoms with Crippen LogP contribution in [0.5, 0.6) is 0 Å². The van der Waals surface area contributed by atoms with E-state index in [4.69, 9.17) is 0 Å². The first-order valence-electron chi connectivity index (χ1n) is 5.76. The second-order valence-corrected chi connectivity index (χ2v) is 6.17. The minimum atomic E-state index is 0.109. The Morgan fingerprint density at radius 1 is 1.22 bits per heavy atom. The quantitative estimate of drug-likeness (QED) is 0.685. The SMILES string of the molecule is Cc1ccc2c(c1)C(=O)c1cc(Br)c(Br)n1CC2. The number of aromatic nitrogens is 1. The van der Waals surface area contributed by atoms with Crippen LogP contribution in [0.15, 0.2) is 33.3 Å². The summed E-state index contributed by atoms with van der Waals surface area (Å²) >= 11 is 6.99. The van der Waals surface area contributed by atoms with E-state index in [1.807, 2.05) is 23.6 Å². The van der Waals surface area contributed by atoms with Crippen molar-refractivity contribution in [1.82, 2.24) is 4.57 Å². The van der Waals surface area contributed by atoms with Gasteiger partial charge in [-0.2, -0.15) is 0 Å². The van der Waals surface area contributed by atoms with Crippen LogP contribution in [-0.2, 0) is 13.0 Å². The van der Waals surface area contributed by atoms with Crippen LogP contribution in [0.4, 0.5) is 0 Å². The van der Waals surface area contributed by atoms with E-state index in [0.717, 1.165) is 44.4 Å². The van der Waals surface area contributed by atoms with Crippen LogP contribution >= 0.6 is 31.9 Å². The summed E-state index contributed by atoms with van der Waals surface area (Å²) in [5.74, 6) is 0.109. The maximum absolute atomic E-state index is 12.6. The summed E-state index contributed by atoms with van der Waals surface area (Å²) in [7, 11) is 0. The molecule has 0 unspecified atom stereocenters. The summed E-state index contributed by atoms with van der Waals surface area (Å²) in [5, 5.41) is 0. The summed E-state index contributed by atoms with van der Waals surface area (Å²) in [4.78, 5) is 12.6. The molecule has 1 aliphatic heterocycles. The summed E-state index contributed by atoms with van der Waals surface area (Å²) < 4.78 is 3.90. The van der Waals surface area contributed by atoms with Gasteiger partial charge in [0.05, 0.1) is 14.8 Å². The second-order valence-electron chi connectivity index (χ2n) is 4.56. The van der Waals surface area contributed by atoms with Gasteiger partial charge in [0.2, 0.25) is 5.78 Å². The number of carbonyl (C=O) groups excluding carboxylic acids is 1. The zero-order valence-corrected chi connectivity index (χ0v) is 13.0. The first kappa shape index (κ1) is 12.2. The predicted molar refractivity (Wildman–Crippen MR) is 78.1 cm³/mol. The fraction of sp³-hybridized carbons (Fsp3) is 0.214. The third kappa shape index (κ3) is 1.79. The first-order chi connectivity index (χ1) is 8.58. The van der Waals surface area contributed by atoms with Crippen molar-refractivity contribution in [3.05, 3.63) is 55.7 Å². The summed E-state index contributed by atoms with van der Waals surface area (Å²) in [6.45, 7) is 2.84. The highest BCUT2D eigenvalue weighted by molar-refractivity contribution is 9.13.